The van der Waals surface area contributed by atoms with E-state index in [1.165, 1.54) is 18.4 Å². The number of carbonyl (C=O) groups is 1. The Bertz CT molecular complexity index is 451. The summed E-state index contributed by atoms with van der Waals surface area (Å²) in [6, 6.07) is 1.57. The van der Waals surface area contributed by atoms with E-state index >= 15 is 0 Å². The van der Waals surface area contributed by atoms with Crippen molar-refractivity contribution in [3.05, 3.63) is 18.4 Å². The maximum atomic E-state index is 11.7. The summed E-state index contributed by atoms with van der Waals surface area (Å²) in [4.78, 5) is 10.9. The normalized spacial score (nSPS) is 13.5. The Morgan fingerprint density at radius 1 is 1.59 bits per heavy atom. The third kappa shape index (κ3) is 3.86. The van der Waals surface area contributed by atoms with E-state index < -0.39 is 22.0 Å². The zero-order valence-corrected chi connectivity index (χ0v) is 10.2. The average molecular weight is 261 g/mol. The molecule has 1 unspecified atom stereocenters. The van der Waals surface area contributed by atoms with Gasteiger partial charge in [-0.15, -0.1) is 0 Å². The van der Waals surface area contributed by atoms with Crippen LogP contribution >= 0.6 is 0 Å². The molecule has 0 aliphatic carbocycles. The van der Waals surface area contributed by atoms with Gasteiger partial charge in [0.05, 0.1) is 6.26 Å². The first-order chi connectivity index (χ1) is 7.97. The van der Waals surface area contributed by atoms with Crippen LogP contribution in [-0.2, 0) is 14.8 Å². The van der Waals surface area contributed by atoms with Crippen LogP contribution in [0, 0.1) is 0 Å². The van der Waals surface area contributed by atoms with Crippen molar-refractivity contribution in [3.63, 3.8) is 0 Å². The fraction of sp³-hybridized carbons (Fsp3) is 0.500. The molecule has 7 heteroatoms. The number of carboxylic acid groups (broad SMARTS) is 1. The van der Waals surface area contributed by atoms with Gasteiger partial charge in [-0.25, -0.2) is 8.42 Å². The fourth-order valence-corrected chi connectivity index (χ4v) is 2.45. The van der Waals surface area contributed by atoms with Crippen LogP contribution in [0.1, 0.15) is 26.2 Å². The highest BCUT2D eigenvalue weighted by Gasteiger charge is 2.26. The fourth-order valence-electron chi connectivity index (χ4n) is 1.30. The highest BCUT2D eigenvalue weighted by Crippen LogP contribution is 2.11. The Morgan fingerprint density at radius 3 is 2.76 bits per heavy atom. The Kier molecular flexibility index (Phi) is 4.71. The summed E-state index contributed by atoms with van der Waals surface area (Å²) >= 11 is 0. The summed E-state index contributed by atoms with van der Waals surface area (Å²) in [7, 11) is -3.89. The number of sulfonamides is 1. The van der Waals surface area contributed by atoms with E-state index in [0.717, 1.165) is 6.42 Å². The molecule has 0 bridgehead atoms. The van der Waals surface area contributed by atoms with Gasteiger partial charge in [0.15, 0.2) is 0 Å². The summed E-state index contributed by atoms with van der Waals surface area (Å²) in [5, 5.41) is 8.63. The highest BCUT2D eigenvalue weighted by molar-refractivity contribution is 7.89. The summed E-state index contributed by atoms with van der Waals surface area (Å²) in [6.07, 6.45) is 2.91. The van der Waals surface area contributed by atoms with E-state index in [2.05, 4.69) is 4.72 Å². The maximum absolute atomic E-state index is 11.7. The molecule has 96 valence electrons. The van der Waals surface area contributed by atoms with Crippen LogP contribution in [0.25, 0.3) is 0 Å². The van der Waals surface area contributed by atoms with Crippen LogP contribution in [0.2, 0.25) is 0 Å². The molecular formula is C10H15NO5S. The third-order valence-corrected chi connectivity index (χ3v) is 3.56. The zero-order valence-electron chi connectivity index (χ0n) is 9.42. The lowest BCUT2D eigenvalue weighted by atomic mass is 10.1. The predicted molar refractivity (Wildman–Crippen MR) is 60.0 cm³/mol. The molecule has 0 saturated carbocycles. The van der Waals surface area contributed by atoms with E-state index in [9.17, 15) is 13.2 Å². The second-order valence-corrected chi connectivity index (χ2v) is 5.23. The second-order valence-electron chi connectivity index (χ2n) is 3.59. The minimum absolute atomic E-state index is 0.256. The van der Waals surface area contributed by atoms with Gasteiger partial charge < -0.3 is 9.52 Å². The van der Waals surface area contributed by atoms with Crippen molar-refractivity contribution in [2.24, 2.45) is 0 Å². The Morgan fingerprint density at radius 2 is 2.29 bits per heavy atom. The molecule has 0 fully saturated rings. The minimum Gasteiger partial charge on any atom is -0.480 e. The molecule has 1 atom stereocenters. The maximum Gasteiger partial charge on any atom is 0.321 e. The molecule has 1 heterocycles. The lowest BCUT2D eigenvalue weighted by Gasteiger charge is -2.12. The van der Waals surface area contributed by atoms with Crippen LogP contribution in [0.3, 0.4) is 0 Å². The molecule has 0 amide bonds. The van der Waals surface area contributed by atoms with Crippen molar-refractivity contribution >= 4 is 16.0 Å². The molecule has 2 N–H and O–H groups in total. The first kappa shape index (κ1) is 13.7. The number of carboxylic acids is 1. The molecule has 6 nitrogen and oxygen atoms in total. The van der Waals surface area contributed by atoms with Gasteiger partial charge >= 0.3 is 5.97 Å². The topological polar surface area (TPSA) is 96.6 Å². The van der Waals surface area contributed by atoms with Gasteiger partial charge in [-0.3, -0.25) is 4.79 Å². The van der Waals surface area contributed by atoms with Crippen molar-refractivity contribution in [3.8, 4) is 0 Å². The van der Waals surface area contributed by atoms with E-state index in [4.69, 9.17) is 9.52 Å². The summed E-state index contributed by atoms with van der Waals surface area (Å²) in [5.41, 5.74) is 0. The monoisotopic (exact) mass is 261 g/mol. The first-order valence-electron chi connectivity index (χ1n) is 5.26. The number of nitrogens with one attached hydrogen (secondary N) is 1. The molecule has 1 aromatic heterocycles. The number of rotatable bonds is 7. The lowest BCUT2D eigenvalue weighted by molar-refractivity contribution is -0.139. The van der Waals surface area contributed by atoms with Crippen molar-refractivity contribution < 1.29 is 22.7 Å². The lowest BCUT2D eigenvalue weighted by Crippen LogP contribution is -2.40. The number of hydrogen-bond acceptors (Lipinski definition) is 4. The van der Waals surface area contributed by atoms with Gasteiger partial charge in [0.2, 0.25) is 5.09 Å². The SMILES string of the molecule is CCCCC(NS(=O)(=O)c1ccco1)C(=O)O. The third-order valence-electron chi connectivity index (χ3n) is 2.20. The minimum atomic E-state index is -3.89. The average Bonchev–Trinajstić information content (AvgIpc) is 2.77. The van der Waals surface area contributed by atoms with Crippen molar-refractivity contribution in [2.45, 2.75) is 37.3 Å². The molecule has 0 saturated heterocycles. The molecule has 1 aromatic rings. The zero-order chi connectivity index (χ0) is 12.9. The first-order valence-corrected chi connectivity index (χ1v) is 6.74. The molecule has 0 aliphatic heterocycles. The van der Waals surface area contributed by atoms with Gasteiger partial charge in [-0.2, -0.15) is 4.72 Å². The summed E-state index contributed by atoms with van der Waals surface area (Å²) in [6.45, 7) is 1.90. The van der Waals surface area contributed by atoms with Crippen LogP contribution < -0.4 is 4.72 Å². The van der Waals surface area contributed by atoms with Crippen molar-refractivity contribution in [2.75, 3.05) is 0 Å². The second kappa shape index (κ2) is 5.83. The highest BCUT2D eigenvalue weighted by atomic mass is 32.2. The number of unbranched alkanes of at least 4 members (excludes halogenated alkanes) is 1. The van der Waals surface area contributed by atoms with E-state index in [1.807, 2.05) is 6.92 Å². The molecule has 0 aliphatic rings. The largest absolute Gasteiger partial charge is 0.480 e. The van der Waals surface area contributed by atoms with E-state index in [0.29, 0.717) is 6.42 Å². The van der Waals surface area contributed by atoms with Gasteiger partial charge in [-0.05, 0) is 18.6 Å². The van der Waals surface area contributed by atoms with Gasteiger partial charge in [0, 0.05) is 0 Å². The van der Waals surface area contributed by atoms with Crippen LogP contribution in [0.4, 0.5) is 0 Å². The van der Waals surface area contributed by atoms with Crippen LogP contribution in [0.5, 0.6) is 0 Å². The molecular weight excluding hydrogens is 246 g/mol. The quantitative estimate of drug-likeness (QED) is 0.768. The summed E-state index contributed by atoms with van der Waals surface area (Å²) in [5.74, 6) is -1.19. The Balaban J connectivity index is 2.76. The van der Waals surface area contributed by atoms with Gasteiger partial charge in [0.1, 0.15) is 6.04 Å². The number of aliphatic carboxylic acids is 1. The Hall–Kier alpha value is -1.34. The van der Waals surface area contributed by atoms with Gasteiger partial charge in [-0.1, -0.05) is 19.8 Å². The van der Waals surface area contributed by atoms with Gasteiger partial charge in [0.25, 0.3) is 10.0 Å². The van der Waals surface area contributed by atoms with Crippen molar-refractivity contribution in [1.29, 1.82) is 0 Å². The smallest absolute Gasteiger partial charge is 0.321 e. The molecule has 1 rings (SSSR count). The standard InChI is InChI=1S/C10H15NO5S/c1-2-3-5-8(10(12)13)11-17(14,15)9-6-4-7-16-9/h4,6-8,11H,2-3,5H2,1H3,(H,12,13). The molecule has 0 aromatic carbocycles. The number of furan rings is 1. The van der Waals surface area contributed by atoms with E-state index in [1.54, 1.807) is 0 Å². The molecule has 0 radical (unpaired) electrons. The predicted octanol–water partition coefficient (Wildman–Crippen LogP) is 1.20. The van der Waals surface area contributed by atoms with Crippen molar-refractivity contribution in [1.82, 2.24) is 4.72 Å². The Labute approximate surface area is 99.7 Å². The van der Waals surface area contributed by atoms with Crippen LogP contribution in [-0.4, -0.2) is 25.5 Å². The summed E-state index contributed by atoms with van der Waals surface area (Å²) < 4.78 is 30.3. The molecule has 0 spiro atoms. The van der Waals surface area contributed by atoms with Crippen LogP contribution in [0.15, 0.2) is 27.9 Å². The van der Waals surface area contributed by atoms with E-state index in [-0.39, 0.29) is 11.5 Å². The molecule has 17 heavy (non-hydrogen) atoms. The number of hydrogen-bond donors (Lipinski definition) is 2.